The van der Waals surface area contributed by atoms with Crippen molar-refractivity contribution in [2.24, 2.45) is 0 Å². The molecule has 78 valence electrons. The van der Waals surface area contributed by atoms with Crippen LogP contribution in [0.5, 0.6) is 0 Å². The number of rotatable bonds is 1. The number of fused-ring (bicyclic) bond motifs is 1. The van der Waals surface area contributed by atoms with Crippen LogP contribution in [0.2, 0.25) is 5.02 Å². The van der Waals surface area contributed by atoms with Gasteiger partial charge in [-0.1, -0.05) is 54.1 Å². The summed E-state index contributed by atoms with van der Waals surface area (Å²) in [6.45, 7) is 0. The summed E-state index contributed by atoms with van der Waals surface area (Å²) in [6, 6.07) is 16.6. The first-order valence-electron chi connectivity index (χ1n) is 5.39. The van der Waals surface area contributed by atoms with Gasteiger partial charge in [-0.3, -0.25) is 0 Å². The molecule has 0 saturated carbocycles. The lowest BCUT2D eigenvalue weighted by Gasteiger charge is -2.06. The zero-order valence-corrected chi connectivity index (χ0v) is 9.54. The lowest BCUT2D eigenvalue weighted by molar-refractivity contribution is 1.31. The minimum Gasteiger partial charge on any atom is -0.0843 e. The summed E-state index contributed by atoms with van der Waals surface area (Å²) < 4.78 is 0. The first-order valence-corrected chi connectivity index (χ1v) is 5.77. The molecule has 3 rings (SSSR count). The van der Waals surface area contributed by atoms with Gasteiger partial charge in [0, 0.05) is 5.02 Å². The second-order valence-corrected chi connectivity index (χ2v) is 4.43. The second kappa shape index (κ2) is 3.80. The van der Waals surface area contributed by atoms with Gasteiger partial charge >= 0.3 is 0 Å². The van der Waals surface area contributed by atoms with Crippen LogP contribution in [0.3, 0.4) is 0 Å². The van der Waals surface area contributed by atoms with Crippen molar-refractivity contribution in [2.75, 3.05) is 0 Å². The van der Waals surface area contributed by atoms with Crippen molar-refractivity contribution in [3.63, 3.8) is 0 Å². The van der Waals surface area contributed by atoms with Crippen LogP contribution in [0, 0.1) is 0 Å². The smallest absolute Gasteiger partial charge is 0.0412 e. The van der Waals surface area contributed by atoms with Gasteiger partial charge in [0.05, 0.1) is 0 Å². The van der Waals surface area contributed by atoms with Crippen molar-refractivity contribution in [3.8, 4) is 0 Å². The lowest BCUT2D eigenvalue weighted by atomic mass is 9.99. The Hall–Kier alpha value is -1.53. The van der Waals surface area contributed by atoms with E-state index in [4.69, 9.17) is 11.6 Å². The van der Waals surface area contributed by atoms with E-state index in [0.29, 0.717) is 0 Å². The summed E-state index contributed by atoms with van der Waals surface area (Å²) in [7, 11) is 0. The van der Waals surface area contributed by atoms with Crippen LogP contribution in [-0.2, 0) is 6.42 Å². The van der Waals surface area contributed by atoms with Crippen LogP contribution >= 0.6 is 11.6 Å². The zero-order chi connectivity index (χ0) is 11.0. The molecular formula is C15H11Cl. The van der Waals surface area contributed by atoms with Crippen molar-refractivity contribution >= 4 is 17.2 Å². The molecule has 0 bridgehead atoms. The summed E-state index contributed by atoms with van der Waals surface area (Å²) in [5.74, 6) is 0. The first-order chi connectivity index (χ1) is 7.84. The van der Waals surface area contributed by atoms with Crippen LogP contribution in [0.15, 0.2) is 54.6 Å². The predicted octanol–water partition coefficient (Wildman–Crippen LogP) is 4.33. The number of benzene rings is 2. The largest absolute Gasteiger partial charge is 0.0843 e. The van der Waals surface area contributed by atoms with Gasteiger partial charge in [0.15, 0.2) is 0 Å². The Morgan fingerprint density at radius 3 is 2.56 bits per heavy atom. The molecule has 0 N–H and O–H groups in total. The highest BCUT2D eigenvalue weighted by Crippen LogP contribution is 2.34. The summed E-state index contributed by atoms with van der Waals surface area (Å²) >= 11 is 6.05. The highest BCUT2D eigenvalue weighted by molar-refractivity contribution is 6.30. The molecule has 2 aromatic rings. The predicted molar refractivity (Wildman–Crippen MR) is 68.7 cm³/mol. The van der Waals surface area contributed by atoms with Gasteiger partial charge in [0.25, 0.3) is 0 Å². The molecule has 0 radical (unpaired) electrons. The summed E-state index contributed by atoms with van der Waals surface area (Å²) in [6.07, 6.45) is 3.28. The van der Waals surface area contributed by atoms with Crippen LogP contribution in [-0.4, -0.2) is 0 Å². The molecular weight excluding hydrogens is 216 g/mol. The SMILES string of the molecule is Clc1ccc2c(c1)C(c1ccccc1)=CC2. The van der Waals surface area contributed by atoms with E-state index >= 15 is 0 Å². The molecule has 0 fully saturated rings. The highest BCUT2D eigenvalue weighted by Gasteiger charge is 2.15. The molecule has 1 heteroatoms. The van der Waals surface area contributed by atoms with E-state index in [1.54, 1.807) is 0 Å². The van der Waals surface area contributed by atoms with Gasteiger partial charge in [-0.25, -0.2) is 0 Å². The minimum atomic E-state index is 0.808. The van der Waals surface area contributed by atoms with Crippen LogP contribution < -0.4 is 0 Å². The Balaban J connectivity index is 2.12. The summed E-state index contributed by atoms with van der Waals surface area (Å²) in [5.41, 5.74) is 5.21. The average Bonchev–Trinajstić information content (AvgIpc) is 2.73. The lowest BCUT2D eigenvalue weighted by Crippen LogP contribution is -1.86. The molecule has 0 atom stereocenters. The first kappa shape index (κ1) is 9.68. The normalized spacial score (nSPS) is 13.4. The van der Waals surface area contributed by atoms with E-state index in [2.05, 4.69) is 42.5 Å². The summed E-state index contributed by atoms with van der Waals surface area (Å²) in [5, 5.41) is 0.808. The highest BCUT2D eigenvalue weighted by atomic mass is 35.5. The maximum Gasteiger partial charge on any atom is 0.0412 e. The van der Waals surface area contributed by atoms with Crippen LogP contribution in [0.4, 0.5) is 0 Å². The van der Waals surface area contributed by atoms with E-state index < -0.39 is 0 Å². The average molecular weight is 227 g/mol. The Morgan fingerprint density at radius 1 is 0.938 bits per heavy atom. The fourth-order valence-corrected chi connectivity index (χ4v) is 2.36. The second-order valence-electron chi connectivity index (χ2n) is 3.99. The monoisotopic (exact) mass is 226 g/mol. The Morgan fingerprint density at radius 2 is 1.75 bits per heavy atom. The van der Waals surface area contributed by atoms with E-state index in [1.807, 2.05) is 12.1 Å². The topological polar surface area (TPSA) is 0 Å². The molecule has 0 heterocycles. The molecule has 2 aromatic carbocycles. The van der Waals surface area contributed by atoms with Gasteiger partial charge in [-0.05, 0) is 40.8 Å². The molecule has 0 aliphatic heterocycles. The van der Waals surface area contributed by atoms with Gasteiger partial charge in [0.2, 0.25) is 0 Å². The van der Waals surface area contributed by atoms with Crippen molar-refractivity contribution in [3.05, 3.63) is 76.3 Å². The summed E-state index contributed by atoms with van der Waals surface area (Å²) in [4.78, 5) is 0. The van der Waals surface area contributed by atoms with Crippen molar-refractivity contribution in [2.45, 2.75) is 6.42 Å². The Bertz CT molecular complexity index is 553. The number of allylic oxidation sites excluding steroid dienone is 1. The number of hydrogen-bond acceptors (Lipinski definition) is 0. The van der Waals surface area contributed by atoms with Crippen LogP contribution in [0.25, 0.3) is 5.57 Å². The van der Waals surface area contributed by atoms with E-state index in [9.17, 15) is 0 Å². The third-order valence-corrected chi connectivity index (χ3v) is 3.21. The standard InChI is InChI=1S/C15H11Cl/c16-13-8-6-12-7-9-14(15(12)10-13)11-4-2-1-3-5-11/h1-6,8-10H,7H2. The molecule has 16 heavy (non-hydrogen) atoms. The quantitative estimate of drug-likeness (QED) is 0.679. The molecule has 0 nitrogen and oxygen atoms in total. The van der Waals surface area contributed by atoms with Crippen molar-refractivity contribution < 1.29 is 0 Å². The molecule has 0 aromatic heterocycles. The number of hydrogen-bond donors (Lipinski definition) is 0. The maximum atomic E-state index is 6.05. The van der Waals surface area contributed by atoms with Gasteiger partial charge in [-0.2, -0.15) is 0 Å². The third-order valence-electron chi connectivity index (χ3n) is 2.97. The molecule has 0 spiro atoms. The minimum absolute atomic E-state index is 0.808. The third kappa shape index (κ3) is 1.56. The molecule has 0 amide bonds. The van der Waals surface area contributed by atoms with Crippen molar-refractivity contribution in [1.29, 1.82) is 0 Å². The Kier molecular flexibility index (Phi) is 2.30. The van der Waals surface area contributed by atoms with Crippen molar-refractivity contribution in [1.82, 2.24) is 0 Å². The van der Waals surface area contributed by atoms with E-state index in [-0.39, 0.29) is 0 Å². The van der Waals surface area contributed by atoms with Gasteiger partial charge in [0.1, 0.15) is 0 Å². The fourth-order valence-electron chi connectivity index (χ4n) is 2.19. The fraction of sp³-hybridized carbons (Fsp3) is 0.0667. The molecule has 1 aliphatic carbocycles. The van der Waals surface area contributed by atoms with Gasteiger partial charge < -0.3 is 0 Å². The molecule has 1 aliphatic rings. The maximum absolute atomic E-state index is 6.05. The Labute approximate surface area is 100 Å². The van der Waals surface area contributed by atoms with Gasteiger partial charge in [-0.15, -0.1) is 0 Å². The molecule has 0 unspecified atom stereocenters. The van der Waals surface area contributed by atoms with Crippen LogP contribution in [0.1, 0.15) is 16.7 Å². The van der Waals surface area contributed by atoms with E-state index in [0.717, 1.165) is 11.4 Å². The zero-order valence-electron chi connectivity index (χ0n) is 8.78. The number of halogens is 1. The molecule has 0 saturated heterocycles. The van der Waals surface area contributed by atoms with E-state index in [1.165, 1.54) is 22.3 Å².